The number of carbonyl (C=O) groups is 1. The van der Waals surface area contributed by atoms with Crippen LogP contribution in [-0.2, 0) is 17.6 Å². The van der Waals surface area contributed by atoms with Crippen LogP contribution in [0.1, 0.15) is 30.5 Å². The quantitative estimate of drug-likeness (QED) is 0.520. The monoisotopic (exact) mass is 446 g/mol. The van der Waals surface area contributed by atoms with E-state index in [-0.39, 0.29) is 5.91 Å². The van der Waals surface area contributed by atoms with Gasteiger partial charge in [-0.2, -0.15) is 0 Å². The molecule has 1 amide bonds. The average Bonchev–Trinajstić information content (AvgIpc) is 2.75. The Kier molecular flexibility index (Phi) is 7.52. The van der Waals surface area contributed by atoms with Crippen LogP contribution in [0, 0.1) is 0 Å². The summed E-state index contributed by atoms with van der Waals surface area (Å²) in [5.74, 6) is 0.543. The van der Waals surface area contributed by atoms with Gasteiger partial charge in [0.15, 0.2) is 0 Å². The molecule has 1 aliphatic carbocycles. The van der Waals surface area contributed by atoms with Crippen molar-refractivity contribution in [2.75, 3.05) is 52.1 Å². The van der Waals surface area contributed by atoms with Crippen LogP contribution in [0.2, 0.25) is 5.02 Å². The third kappa shape index (κ3) is 5.47. The highest BCUT2D eigenvalue weighted by molar-refractivity contribution is 8.00. The van der Waals surface area contributed by atoms with E-state index in [9.17, 15) is 4.79 Å². The number of fused-ring (bicyclic) bond motifs is 2. The van der Waals surface area contributed by atoms with Gasteiger partial charge in [0.2, 0.25) is 5.91 Å². The van der Waals surface area contributed by atoms with Gasteiger partial charge in [-0.1, -0.05) is 11.6 Å². The molecule has 0 radical (unpaired) electrons. The highest BCUT2D eigenvalue weighted by Crippen LogP contribution is 2.36. The predicted octanol–water partition coefficient (Wildman–Crippen LogP) is 3.61. The largest absolute Gasteiger partial charge is 0.355 e. The van der Waals surface area contributed by atoms with Crippen LogP contribution in [0.5, 0.6) is 0 Å². The van der Waals surface area contributed by atoms with Gasteiger partial charge < -0.3 is 15.1 Å². The SMILES string of the molecule is CN1CCN(CCCNC(=O)CSc2c3c(nc4ccc(Cl)cc24)CCCC3)CC1. The first-order chi connectivity index (χ1) is 14.6. The third-order valence-corrected chi connectivity index (χ3v) is 7.48. The van der Waals surface area contributed by atoms with Crippen LogP contribution < -0.4 is 5.32 Å². The maximum Gasteiger partial charge on any atom is 0.230 e. The first kappa shape index (κ1) is 21.9. The molecule has 5 nitrogen and oxygen atoms in total. The summed E-state index contributed by atoms with van der Waals surface area (Å²) in [7, 11) is 2.17. The first-order valence-corrected chi connectivity index (χ1v) is 12.4. The van der Waals surface area contributed by atoms with E-state index in [0.717, 1.165) is 74.5 Å². The average molecular weight is 447 g/mol. The number of hydrogen-bond acceptors (Lipinski definition) is 5. The molecule has 1 aromatic heterocycles. The molecular formula is C23H31ClN4OS. The summed E-state index contributed by atoms with van der Waals surface area (Å²) in [5.41, 5.74) is 3.50. The zero-order chi connectivity index (χ0) is 20.9. The standard InChI is InChI=1S/C23H31ClN4OS/c1-27-11-13-28(14-12-27)10-4-9-25-22(29)16-30-23-18-5-2-3-6-20(18)26-21-8-7-17(24)15-19(21)23/h7-8,15H,2-6,9-14,16H2,1H3,(H,25,29). The number of rotatable bonds is 7. The van der Waals surface area contributed by atoms with Crippen molar-refractivity contribution >= 4 is 40.2 Å². The second kappa shape index (κ2) is 10.3. The Labute approximate surface area is 188 Å². The molecule has 2 heterocycles. The summed E-state index contributed by atoms with van der Waals surface area (Å²) < 4.78 is 0. The molecule has 0 spiro atoms. The Bertz CT molecular complexity index is 898. The van der Waals surface area contributed by atoms with E-state index in [1.165, 1.54) is 29.0 Å². The number of nitrogens with zero attached hydrogens (tertiary/aromatic N) is 3. The number of aryl methyl sites for hydroxylation is 1. The fourth-order valence-electron chi connectivity index (χ4n) is 4.31. The highest BCUT2D eigenvalue weighted by Gasteiger charge is 2.19. The van der Waals surface area contributed by atoms with Gasteiger partial charge >= 0.3 is 0 Å². The molecule has 7 heteroatoms. The molecule has 1 N–H and O–H groups in total. The number of halogens is 1. The molecule has 0 atom stereocenters. The summed E-state index contributed by atoms with van der Waals surface area (Å²) in [4.78, 5) is 23.4. The van der Waals surface area contributed by atoms with Crippen molar-refractivity contribution in [3.8, 4) is 0 Å². The predicted molar refractivity (Wildman–Crippen MR) is 126 cm³/mol. The lowest BCUT2D eigenvalue weighted by Crippen LogP contribution is -2.45. The maximum atomic E-state index is 12.5. The van der Waals surface area contributed by atoms with Crippen molar-refractivity contribution in [2.45, 2.75) is 37.0 Å². The number of amides is 1. The summed E-state index contributed by atoms with van der Waals surface area (Å²) in [6, 6.07) is 5.89. The van der Waals surface area contributed by atoms with E-state index >= 15 is 0 Å². The van der Waals surface area contributed by atoms with Crippen LogP contribution in [0.4, 0.5) is 0 Å². The molecule has 4 rings (SSSR count). The maximum absolute atomic E-state index is 12.5. The molecule has 2 aromatic rings. The summed E-state index contributed by atoms with van der Waals surface area (Å²) in [6.07, 6.45) is 5.45. The second-order valence-electron chi connectivity index (χ2n) is 8.37. The Morgan fingerprint density at radius 1 is 1.20 bits per heavy atom. The van der Waals surface area contributed by atoms with E-state index in [1.807, 2.05) is 18.2 Å². The lowest BCUT2D eigenvalue weighted by Gasteiger charge is -2.32. The number of piperazine rings is 1. The van der Waals surface area contributed by atoms with Gasteiger partial charge in [-0.15, -0.1) is 11.8 Å². The molecule has 0 bridgehead atoms. The van der Waals surface area contributed by atoms with Crippen LogP contribution in [0.15, 0.2) is 23.1 Å². The molecule has 162 valence electrons. The van der Waals surface area contributed by atoms with Crippen molar-refractivity contribution in [2.24, 2.45) is 0 Å². The number of thioether (sulfide) groups is 1. The zero-order valence-corrected chi connectivity index (χ0v) is 19.3. The Hall–Kier alpha value is -1.34. The molecule has 2 aliphatic rings. The van der Waals surface area contributed by atoms with E-state index in [2.05, 4.69) is 22.2 Å². The van der Waals surface area contributed by atoms with Crippen molar-refractivity contribution < 1.29 is 4.79 Å². The minimum Gasteiger partial charge on any atom is -0.355 e. The summed E-state index contributed by atoms with van der Waals surface area (Å²) in [6.45, 7) is 6.33. The lowest BCUT2D eigenvalue weighted by atomic mass is 9.94. The van der Waals surface area contributed by atoms with Gasteiger partial charge in [-0.25, -0.2) is 0 Å². The van der Waals surface area contributed by atoms with E-state index in [1.54, 1.807) is 11.8 Å². The molecule has 0 unspecified atom stereocenters. The van der Waals surface area contributed by atoms with Crippen molar-refractivity contribution in [1.82, 2.24) is 20.1 Å². The normalized spacial score (nSPS) is 17.8. The van der Waals surface area contributed by atoms with E-state index in [0.29, 0.717) is 5.75 Å². The molecule has 30 heavy (non-hydrogen) atoms. The van der Waals surface area contributed by atoms with Crippen molar-refractivity contribution in [3.63, 3.8) is 0 Å². The van der Waals surface area contributed by atoms with Gasteiger partial charge in [-0.3, -0.25) is 9.78 Å². The number of pyridine rings is 1. The number of nitrogens with one attached hydrogen (secondary N) is 1. The number of likely N-dealkylation sites (N-methyl/N-ethyl adjacent to an activating group) is 1. The first-order valence-electron chi connectivity index (χ1n) is 11.0. The lowest BCUT2D eigenvalue weighted by molar-refractivity contribution is -0.118. The topological polar surface area (TPSA) is 48.5 Å². The van der Waals surface area contributed by atoms with Crippen molar-refractivity contribution in [1.29, 1.82) is 0 Å². The molecular weight excluding hydrogens is 416 g/mol. The highest BCUT2D eigenvalue weighted by atomic mass is 35.5. The third-order valence-electron chi connectivity index (χ3n) is 6.09. The molecule has 1 aromatic carbocycles. The van der Waals surface area contributed by atoms with E-state index in [4.69, 9.17) is 16.6 Å². The van der Waals surface area contributed by atoms with Crippen LogP contribution >= 0.6 is 23.4 Å². The van der Waals surface area contributed by atoms with Gasteiger partial charge in [-0.05, 0) is 69.5 Å². The molecule has 1 fully saturated rings. The summed E-state index contributed by atoms with van der Waals surface area (Å²) in [5, 5.41) is 4.90. The molecule has 0 saturated carbocycles. The number of carbonyl (C=O) groups excluding carboxylic acids is 1. The Balaban J connectivity index is 1.33. The minimum absolute atomic E-state index is 0.106. The smallest absolute Gasteiger partial charge is 0.230 e. The Morgan fingerprint density at radius 2 is 2.00 bits per heavy atom. The second-order valence-corrected chi connectivity index (χ2v) is 9.79. The number of benzene rings is 1. The fourth-order valence-corrected chi connectivity index (χ4v) is 5.57. The van der Waals surface area contributed by atoms with Crippen LogP contribution in [0.25, 0.3) is 10.9 Å². The van der Waals surface area contributed by atoms with Gasteiger partial charge in [0.1, 0.15) is 0 Å². The molecule has 1 aliphatic heterocycles. The van der Waals surface area contributed by atoms with Gasteiger partial charge in [0, 0.05) is 53.7 Å². The number of aromatic nitrogens is 1. The Morgan fingerprint density at radius 3 is 2.83 bits per heavy atom. The van der Waals surface area contributed by atoms with E-state index < -0.39 is 0 Å². The van der Waals surface area contributed by atoms with Crippen LogP contribution in [-0.4, -0.2) is 72.8 Å². The fraction of sp³-hybridized carbons (Fsp3) is 0.565. The van der Waals surface area contributed by atoms with Crippen molar-refractivity contribution in [3.05, 3.63) is 34.5 Å². The molecule has 1 saturated heterocycles. The zero-order valence-electron chi connectivity index (χ0n) is 17.8. The van der Waals surface area contributed by atoms with Gasteiger partial charge in [0.25, 0.3) is 0 Å². The minimum atomic E-state index is 0.106. The van der Waals surface area contributed by atoms with Gasteiger partial charge in [0.05, 0.1) is 11.3 Å². The summed E-state index contributed by atoms with van der Waals surface area (Å²) >= 11 is 7.91. The van der Waals surface area contributed by atoms with Crippen LogP contribution in [0.3, 0.4) is 0 Å². The number of hydrogen-bond donors (Lipinski definition) is 1.